The third-order valence-electron chi connectivity index (χ3n) is 4.53. The lowest BCUT2D eigenvalue weighted by Gasteiger charge is -2.24. The number of aliphatic carboxylic acids is 1. The van der Waals surface area contributed by atoms with Crippen LogP contribution in [0, 0.1) is 0 Å². The van der Waals surface area contributed by atoms with Crippen molar-refractivity contribution in [2.75, 3.05) is 6.61 Å². The molecule has 0 aliphatic carbocycles. The van der Waals surface area contributed by atoms with Crippen LogP contribution in [0.2, 0.25) is 0 Å². The fraction of sp³-hybridized carbons (Fsp3) is 0.450. The normalized spacial score (nSPS) is 14.3. The number of primary amides is 1. The van der Waals surface area contributed by atoms with Crippen LogP contribution in [0.4, 0.5) is 0 Å². The van der Waals surface area contributed by atoms with Crippen molar-refractivity contribution >= 4 is 29.6 Å². The van der Waals surface area contributed by atoms with Gasteiger partial charge in [0, 0.05) is 12.8 Å². The summed E-state index contributed by atoms with van der Waals surface area (Å²) in [5, 5.41) is 35.0. The number of rotatable bonds is 13. The predicted molar refractivity (Wildman–Crippen MR) is 114 cm³/mol. The van der Waals surface area contributed by atoms with Gasteiger partial charge in [-0.2, -0.15) is 0 Å². The number of carbonyl (C=O) groups is 5. The maximum absolute atomic E-state index is 12.8. The van der Waals surface area contributed by atoms with Crippen molar-refractivity contribution in [2.45, 2.75) is 50.4 Å². The Labute approximate surface area is 189 Å². The van der Waals surface area contributed by atoms with E-state index in [1.54, 1.807) is 0 Å². The zero-order valence-electron chi connectivity index (χ0n) is 18.0. The highest BCUT2D eigenvalue weighted by Gasteiger charge is 2.30. The maximum atomic E-state index is 12.8. The Morgan fingerprint density at radius 2 is 1.42 bits per heavy atom. The second kappa shape index (κ2) is 13.0. The number of aromatic hydroxyl groups is 1. The van der Waals surface area contributed by atoms with E-state index in [0.717, 1.165) is 0 Å². The molecule has 0 aliphatic heterocycles. The minimum absolute atomic E-state index is 0.000651. The second-order valence-electron chi connectivity index (χ2n) is 7.37. The molecule has 1 aromatic rings. The lowest BCUT2D eigenvalue weighted by molar-refractivity contribution is -0.143. The van der Waals surface area contributed by atoms with Crippen LogP contribution in [-0.4, -0.2) is 75.7 Å². The molecule has 0 radical (unpaired) electrons. The van der Waals surface area contributed by atoms with Crippen molar-refractivity contribution in [2.24, 2.45) is 11.5 Å². The molecule has 33 heavy (non-hydrogen) atoms. The highest BCUT2D eigenvalue weighted by molar-refractivity contribution is 5.94. The molecular weight excluding hydrogens is 438 g/mol. The summed E-state index contributed by atoms with van der Waals surface area (Å²) in [5.74, 6) is -4.68. The zero-order valence-corrected chi connectivity index (χ0v) is 18.0. The van der Waals surface area contributed by atoms with Gasteiger partial charge in [0.25, 0.3) is 0 Å². The third kappa shape index (κ3) is 9.53. The van der Waals surface area contributed by atoms with Gasteiger partial charge in [0.15, 0.2) is 0 Å². The average Bonchev–Trinajstić information content (AvgIpc) is 2.74. The van der Waals surface area contributed by atoms with E-state index in [1.807, 2.05) is 0 Å². The van der Waals surface area contributed by atoms with Crippen molar-refractivity contribution in [3.8, 4) is 5.75 Å². The van der Waals surface area contributed by atoms with Gasteiger partial charge in [0.2, 0.25) is 23.6 Å². The van der Waals surface area contributed by atoms with Gasteiger partial charge in [0.05, 0.1) is 12.6 Å². The number of benzene rings is 1. The molecule has 0 spiro atoms. The Morgan fingerprint density at radius 3 is 1.91 bits per heavy atom. The minimum atomic E-state index is -1.54. The number of hydrogen-bond donors (Lipinski definition) is 8. The topological polar surface area (TPSA) is 234 Å². The van der Waals surface area contributed by atoms with Crippen LogP contribution in [0.1, 0.15) is 25.3 Å². The predicted octanol–water partition coefficient (Wildman–Crippen LogP) is -2.92. The van der Waals surface area contributed by atoms with Gasteiger partial charge in [-0.05, 0) is 31.0 Å². The van der Waals surface area contributed by atoms with Gasteiger partial charge in [-0.25, -0.2) is 4.79 Å². The summed E-state index contributed by atoms with van der Waals surface area (Å²) in [4.78, 5) is 59.5. The summed E-state index contributed by atoms with van der Waals surface area (Å²) in [7, 11) is 0. The third-order valence-corrected chi connectivity index (χ3v) is 4.53. The highest BCUT2D eigenvalue weighted by atomic mass is 16.4. The number of amides is 4. The highest BCUT2D eigenvalue weighted by Crippen LogP contribution is 2.12. The van der Waals surface area contributed by atoms with Crippen molar-refractivity contribution in [1.82, 2.24) is 16.0 Å². The van der Waals surface area contributed by atoms with E-state index in [1.165, 1.54) is 31.2 Å². The molecule has 0 fully saturated rings. The largest absolute Gasteiger partial charge is 0.508 e. The molecule has 0 aliphatic rings. The molecule has 0 saturated heterocycles. The zero-order chi connectivity index (χ0) is 25.1. The van der Waals surface area contributed by atoms with Crippen molar-refractivity contribution in [1.29, 1.82) is 0 Å². The van der Waals surface area contributed by atoms with Crippen LogP contribution < -0.4 is 27.4 Å². The number of carboxylic acids is 1. The molecule has 1 rings (SSSR count). The smallest absolute Gasteiger partial charge is 0.326 e. The number of phenols is 1. The van der Waals surface area contributed by atoms with Gasteiger partial charge >= 0.3 is 5.97 Å². The van der Waals surface area contributed by atoms with E-state index in [4.69, 9.17) is 11.5 Å². The average molecular weight is 467 g/mol. The van der Waals surface area contributed by atoms with E-state index < -0.39 is 60.4 Å². The quantitative estimate of drug-likeness (QED) is 0.148. The SMILES string of the molecule is CC(N)C(=O)NC(Cc1ccc(O)cc1)C(=O)NC(CO)C(=O)NC(CCC(N)=O)C(=O)O. The van der Waals surface area contributed by atoms with Gasteiger partial charge < -0.3 is 42.7 Å². The van der Waals surface area contributed by atoms with E-state index in [2.05, 4.69) is 16.0 Å². The van der Waals surface area contributed by atoms with Crippen molar-refractivity contribution in [3.05, 3.63) is 29.8 Å². The van der Waals surface area contributed by atoms with Crippen molar-refractivity contribution < 1.29 is 39.3 Å². The number of nitrogens with two attached hydrogens (primary N) is 2. The number of aliphatic hydroxyl groups excluding tert-OH is 1. The van der Waals surface area contributed by atoms with Crippen LogP contribution in [0.5, 0.6) is 5.75 Å². The molecule has 0 bridgehead atoms. The number of phenolic OH excluding ortho intramolecular Hbond substituents is 1. The van der Waals surface area contributed by atoms with Gasteiger partial charge in [-0.1, -0.05) is 12.1 Å². The summed E-state index contributed by atoms with van der Waals surface area (Å²) >= 11 is 0. The van der Waals surface area contributed by atoms with Crippen molar-refractivity contribution in [3.63, 3.8) is 0 Å². The van der Waals surface area contributed by atoms with Crippen LogP contribution in [0.3, 0.4) is 0 Å². The standard InChI is InChI=1S/C20H29N5O8/c1-10(21)17(29)24-14(8-11-2-4-12(27)5-3-11)18(30)25-15(9-26)19(31)23-13(20(32)33)6-7-16(22)28/h2-5,10,13-15,26-27H,6-9,21H2,1H3,(H2,22,28)(H,23,31)(H,24,29)(H,25,30)(H,32,33). The summed E-state index contributed by atoms with van der Waals surface area (Å²) < 4.78 is 0. The first-order valence-electron chi connectivity index (χ1n) is 10.0. The Bertz CT molecular complexity index is 859. The van der Waals surface area contributed by atoms with E-state index in [-0.39, 0.29) is 25.0 Å². The lowest BCUT2D eigenvalue weighted by Crippen LogP contribution is -2.58. The van der Waals surface area contributed by atoms with Gasteiger partial charge in [-0.3, -0.25) is 19.2 Å². The summed E-state index contributed by atoms with van der Waals surface area (Å²) in [6, 6.07) is 0.697. The fourth-order valence-corrected chi connectivity index (χ4v) is 2.66. The molecule has 13 heteroatoms. The van der Waals surface area contributed by atoms with Gasteiger partial charge in [0.1, 0.15) is 23.9 Å². The molecule has 4 amide bonds. The Balaban J connectivity index is 2.94. The van der Waals surface area contributed by atoms with Crippen LogP contribution in [-0.2, 0) is 30.4 Å². The molecule has 0 heterocycles. The molecule has 10 N–H and O–H groups in total. The van der Waals surface area contributed by atoms with Crippen LogP contribution in [0.25, 0.3) is 0 Å². The molecule has 13 nitrogen and oxygen atoms in total. The number of hydrogen-bond acceptors (Lipinski definition) is 8. The Morgan fingerprint density at radius 1 is 0.909 bits per heavy atom. The number of carbonyl (C=O) groups excluding carboxylic acids is 4. The number of carboxylic acid groups (broad SMARTS) is 1. The summed E-state index contributed by atoms with van der Waals surface area (Å²) in [6.45, 7) is 0.542. The minimum Gasteiger partial charge on any atom is -0.508 e. The molecular formula is C20H29N5O8. The van der Waals surface area contributed by atoms with E-state index >= 15 is 0 Å². The molecule has 1 aromatic carbocycles. The second-order valence-corrected chi connectivity index (χ2v) is 7.37. The van der Waals surface area contributed by atoms with Gasteiger partial charge in [-0.15, -0.1) is 0 Å². The number of nitrogens with one attached hydrogen (secondary N) is 3. The van der Waals surface area contributed by atoms with Crippen LogP contribution >= 0.6 is 0 Å². The van der Waals surface area contributed by atoms with E-state index in [0.29, 0.717) is 5.56 Å². The first kappa shape index (κ1) is 27.3. The maximum Gasteiger partial charge on any atom is 0.326 e. The van der Waals surface area contributed by atoms with Crippen LogP contribution in [0.15, 0.2) is 24.3 Å². The summed E-state index contributed by atoms with van der Waals surface area (Å²) in [5.41, 5.74) is 11.1. The first-order chi connectivity index (χ1) is 15.4. The fourth-order valence-electron chi connectivity index (χ4n) is 2.66. The Kier molecular flexibility index (Phi) is 10.7. The summed E-state index contributed by atoms with van der Waals surface area (Å²) in [6.07, 6.45) is -0.609. The molecule has 0 aromatic heterocycles. The monoisotopic (exact) mass is 467 g/mol. The first-order valence-corrected chi connectivity index (χ1v) is 10.0. The number of aliphatic hydroxyl groups is 1. The molecule has 4 unspecified atom stereocenters. The molecule has 182 valence electrons. The Hall–Kier alpha value is -3.71. The van der Waals surface area contributed by atoms with E-state index in [9.17, 15) is 39.3 Å². The lowest BCUT2D eigenvalue weighted by atomic mass is 10.0. The molecule has 4 atom stereocenters. The molecule has 0 saturated carbocycles.